The second-order valence-corrected chi connectivity index (χ2v) is 9.40. The number of fused-ring (bicyclic) bond motifs is 2. The van der Waals surface area contributed by atoms with Gasteiger partial charge in [-0.3, -0.25) is 14.9 Å². The van der Waals surface area contributed by atoms with Crippen LogP contribution in [0.25, 0.3) is 11.1 Å². The minimum absolute atomic E-state index is 0.00904. The molecule has 3 heterocycles. The number of amides is 2. The molecule has 33 heavy (non-hydrogen) atoms. The molecule has 0 atom stereocenters. The number of ether oxygens (including phenoxy) is 1. The zero-order valence-corrected chi connectivity index (χ0v) is 19.6. The van der Waals surface area contributed by atoms with Crippen LogP contribution in [0.15, 0.2) is 18.3 Å². The van der Waals surface area contributed by atoms with E-state index in [-0.39, 0.29) is 33.5 Å². The zero-order chi connectivity index (χ0) is 23.5. The van der Waals surface area contributed by atoms with Crippen molar-refractivity contribution in [2.45, 2.75) is 31.6 Å². The van der Waals surface area contributed by atoms with Crippen LogP contribution in [0.5, 0.6) is 5.75 Å². The summed E-state index contributed by atoms with van der Waals surface area (Å²) in [4.78, 5) is 31.7. The highest BCUT2D eigenvalue weighted by molar-refractivity contribution is 7.15. The first kappa shape index (κ1) is 21.7. The minimum Gasteiger partial charge on any atom is -0.494 e. The summed E-state index contributed by atoms with van der Waals surface area (Å²) in [5, 5.41) is 11.5. The Morgan fingerprint density at radius 2 is 2.12 bits per heavy atom. The van der Waals surface area contributed by atoms with Crippen molar-refractivity contribution in [1.82, 2.24) is 15.2 Å². The maximum atomic E-state index is 15.3. The van der Waals surface area contributed by atoms with E-state index in [1.807, 2.05) is 6.92 Å². The number of aromatic nitrogens is 3. The maximum absolute atomic E-state index is 15.3. The van der Waals surface area contributed by atoms with Crippen molar-refractivity contribution < 1.29 is 18.7 Å². The van der Waals surface area contributed by atoms with E-state index in [1.54, 1.807) is 24.1 Å². The summed E-state index contributed by atoms with van der Waals surface area (Å²) in [7, 11) is 3.06. The number of carbonyl (C=O) groups is 2. The average Bonchev–Trinajstić information content (AvgIpc) is 3.46. The zero-order valence-electron chi connectivity index (χ0n) is 18.0. The van der Waals surface area contributed by atoms with Crippen LogP contribution in [0.1, 0.15) is 40.7 Å². The number of nitrogens with zero attached hydrogens (tertiary/aromatic N) is 4. The number of aryl methyl sites for hydroxylation is 1. The number of methoxy groups -OCH3 is 1. The van der Waals surface area contributed by atoms with Crippen LogP contribution in [0.4, 0.5) is 15.2 Å². The Morgan fingerprint density at radius 3 is 2.76 bits per heavy atom. The lowest BCUT2D eigenvalue weighted by atomic mass is 9.90. The lowest BCUT2D eigenvalue weighted by Crippen LogP contribution is -2.28. The van der Waals surface area contributed by atoms with Crippen molar-refractivity contribution in [1.29, 1.82) is 0 Å². The molecule has 0 saturated heterocycles. The third kappa shape index (κ3) is 3.27. The quantitative estimate of drug-likeness (QED) is 0.541. The Morgan fingerprint density at radius 1 is 1.36 bits per heavy atom. The molecule has 2 amide bonds. The average molecular weight is 488 g/mol. The van der Waals surface area contributed by atoms with Gasteiger partial charge in [-0.15, -0.1) is 10.2 Å². The number of likely N-dealkylation sites (N-methyl/N-ethyl adjacent to an activating group) is 1. The summed E-state index contributed by atoms with van der Waals surface area (Å²) in [5.74, 6) is -1.23. The van der Waals surface area contributed by atoms with E-state index in [0.717, 1.165) is 10.6 Å². The Bertz CT molecular complexity index is 1320. The number of anilines is 2. The van der Waals surface area contributed by atoms with Gasteiger partial charge in [0.1, 0.15) is 10.8 Å². The van der Waals surface area contributed by atoms with Crippen molar-refractivity contribution in [3.05, 3.63) is 45.4 Å². The first-order chi connectivity index (χ1) is 15.8. The van der Waals surface area contributed by atoms with Gasteiger partial charge >= 0.3 is 0 Å². The Labute approximate surface area is 197 Å². The van der Waals surface area contributed by atoms with Gasteiger partial charge in [0.15, 0.2) is 11.0 Å². The maximum Gasteiger partial charge on any atom is 0.258 e. The molecule has 0 radical (unpaired) electrons. The molecule has 2 aromatic heterocycles. The molecule has 1 aromatic carbocycles. The van der Waals surface area contributed by atoms with Crippen molar-refractivity contribution in [2.75, 3.05) is 24.4 Å². The van der Waals surface area contributed by atoms with Crippen LogP contribution in [-0.4, -0.2) is 41.2 Å². The van der Waals surface area contributed by atoms with Gasteiger partial charge in [0.05, 0.1) is 24.3 Å². The second-order valence-electron chi connectivity index (χ2n) is 7.98. The standard InChI is InChI=1S/C22H19ClFN5O3S/c1-4-15-27-28-21(33-15)26-19(30)11-8-13-12(22(5-6-22)20(31)29(13)2)7-10(11)16-14(32-3)9-25-18(23)17(16)24/h7-9H,4-6H2,1-3H3,(H,26,28,30). The van der Waals surface area contributed by atoms with E-state index in [0.29, 0.717) is 30.1 Å². The molecule has 2 aliphatic rings. The Balaban J connectivity index is 1.71. The summed E-state index contributed by atoms with van der Waals surface area (Å²) in [5.41, 5.74) is 1.19. The summed E-state index contributed by atoms with van der Waals surface area (Å²) in [6.45, 7) is 1.94. The topological polar surface area (TPSA) is 97.3 Å². The first-order valence-electron chi connectivity index (χ1n) is 10.3. The van der Waals surface area contributed by atoms with Crippen LogP contribution in [0, 0.1) is 5.82 Å². The van der Waals surface area contributed by atoms with E-state index in [9.17, 15) is 9.59 Å². The van der Waals surface area contributed by atoms with Crippen LogP contribution < -0.4 is 15.0 Å². The van der Waals surface area contributed by atoms with Gasteiger partial charge in [-0.25, -0.2) is 9.37 Å². The normalized spacial score (nSPS) is 15.7. The lowest BCUT2D eigenvalue weighted by Gasteiger charge is -2.17. The molecule has 1 N–H and O–H groups in total. The van der Waals surface area contributed by atoms with Gasteiger partial charge in [0.2, 0.25) is 11.0 Å². The highest BCUT2D eigenvalue weighted by atomic mass is 35.5. The van der Waals surface area contributed by atoms with E-state index < -0.39 is 17.1 Å². The van der Waals surface area contributed by atoms with E-state index in [2.05, 4.69) is 20.5 Å². The summed E-state index contributed by atoms with van der Waals surface area (Å²) >= 11 is 7.24. The largest absolute Gasteiger partial charge is 0.494 e. The number of carbonyl (C=O) groups excluding carboxylic acids is 2. The van der Waals surface area contributed by atoms with Crippen molar-refractivity contribution in [2.24, 2.45) is 0 Å². The third-order valence-corrected chi connectivity index (χ3v) is 7.39. The minimum atomic E-state index is -0.809. The van der Waals surface area contributed by atoms with Crippen LogP contribution in [0.2, 0.25) is 5.15 Å². The molecule has 3 aromatic rings. The molecular formula is C22H19ClFN5O3S. The molecule has 1 saturated carbocycles. The van der Waals surface area contributed by atoms with Crippen LogP contribution in [-0.2, 0) is 16.6 Å². The van der Waals surface area contributed by atoms with Gasteiger partial charge in [0.25, 0.3) is 5.91 Å². The van der Waals surface area contributed by atoms with Crippen molar-refractivity contribution in [3.63, 3.8) is 0 Å². The van der Waals surface area contributed by atoms with Gasteiger partial charge in [-0.1, -0.05) is 29.9 Å². The highest BCUT2D eigenvalue weighted by Crippen LogP contribution is 2.58. The number of hydrogen-bond acceptors (Lipinski definition) is 7. The van der Waals surface area contributed by atoms with Gasteiger partial charge in [-0.05, 0) is 37.0 Å². The molecule has 5 rings (SSSR count). The number of nitrogens with one attached hydrogen (secondary N) is 1. The molecular weight excluding hydrogens is 469 g/mol. The molecule has 1 fully saturated rings. The Kier molecular flexibility index (Phi) is 5.09. The lowest BCUT2D eigenvalue weighted by molar-refractivity contribution is -0.119. The van der Waals surface area contributed by atoms with Crippen LogP contribution in [0.3, 0.4) is 0 Å². The van der Waals surface area contributed by atoms with Gasteiger partial charge < -0.3 is 9.64 Å². The molecule has 0 bridgehead atoms. The second kappa shape index (κ2) is 7.74. The first-order valence-corrected chi connectivity index (χ1v) is 11.5. The summed E-state index contributed by atoms with van der Waals surface area (Å²) in [6, 6.07) is 3.31. The van der Waals surface area contributed by atoms with Gasteiger partial charge in [-0.2, -0.15) is 0 Å². The predicted molar refractivity (Wildman–Crippen MR) is 123 cm³/mol. The molecule has 8 nitrogen and oxygen atoms in total. The molecule has 0 unspecified atom stereocenters. The summed E-state index contributed by atoms with van der Waals surface area (Å²) < 4.78 is 20.6. The molecule has 1 aliphatic carbocycles. The molecule has 170 valence electrons. The number of rotatable bonds is 5. The van der Waals surface area contributed by atoms with E-state index >= 15 is 4.39 Å². The fourth-order valence-corrected chi connectivity index (χ4v) is 5.08. The SMILES string of the molecule is CCc1nnc(NC(=O)c2cc3c(cc2-c2c(OC)cnc(Cl)c2F)C2(CC2)C(=O)N3C)s1. The molecule has 1 aliphatic heterocycles. The van der Waals surface area contributed by atoms with E-state index in [1.165, 1.54) is 24.6 Å². The number of pyridine rings is 1. The molecule has 1 spiro atoms. The smallest absolute Gasteiger partial charge is 0.258 e. The number of hydrogen-bond donors (Lipinski definition) is 1. The number of halogens is 2. The summed E-state index contributed by atoms with van der Waals surface area (Å²) in [6.07, 6.45) is 3.40. The van der Waals surface area contributed by atoms with E-state index in [4.69, 9.17) is 16.3 Å². The highest BCUT2D eigenvalue weighted by Gasteiger charge is 2.58. The fraction of sp³-hybridized carbons (Fsp3) is 0.318. The monoisotopic (exact) mass is 487 g/mol. The van der Waals surface area contributed by atoms with Crippen molar-refractivity contribution >= 4 is 45.6 Å². The van der Waals surface area contributed by atoms with Gasteiger partial charge in [0, 0.05) is 23.9 Å². The molecule has 11 heteroatoms. The van der Waals surface area contributed by atoms with Crippen molar-refractivity contribution in [3.8, 4) is 16.9 Å². The third-order valence-electron chi connectivity index (χ3n) is 6.14. The predicted octanol–water partition coefficient (Wildman–Crippen LogP) is 4.22. The number of benzene rings is 1. The van der Waals surface area contributed by atoms with Crippen LogP contribution >= 0.6 is 22.9 Å². The fourth-order valence-electron chi connectivity index (χ4n) is 4.26. The Hall–Kier alpha value is -3.11.